The van der Waals surface area contributed by atoms with Crippen LogP contribution in [0, 0.1) is 0 Å². The topological polar surface area (TPSA) is 22.4 Å². The van der Waals surface area contributed by atoms with E-state index in [0.717, 1.165) is 32.2 Å². The molecular weight excluding hydrogens is 268 g/mol. The highest BCUT2D eigenvalue weighted by Crippen LogP contribution is 2.39. The van der Waals surface area contributed by atoms with E-state index < -0.39 is 0 Å². The molecule has 0 radical (unpaired) electrons. The zero-order chi connectivity index (χ0) is 11.1. The van der Waals surface area contributed by atoms with E-state index in [0.29, 0.717) is 0 Å². The summed E-state index contributed by atoms with van der Waals surface area (Å²) >= 11 is 3.56. The van der Waals surface area contributed by atoms with E-state index in [4.69, 9.17) is 9.15 Å². The number of benzene rings is 2. The van der Waals surface area contributed by atoms with Crippen LogP contribution in [0.5, 0.6) is 5.75 Å². The van der Waals surface area contributed by atoms with Gasteiger partial charge in [0, 0.05) is 10.8 Å². The summed E-state index contributed by atoms with van der Waals surface area (Å²) in [4.78, 5) is 0. The van der Waals surface area contributed by atoms with Gasteiger partial charge >= 0.3 is 0 Å². The van der Waals surface area contributed by atoms with Crippen molar-refractivity contribution in [1.82, 2.24) is 0 Å². The predicted molar refractivity (Wildman–Crippen MR) is 68.0 cm³/mol. The number of hydrogen-bond donors (Lipinski definition) is 0. The number of rotatable bonds is 1. The molecule has 0 saturated carbocycles. The van der Waals surface area contributed by atoms with E-state index in [1.807, 2.05) is 36.4 Å². The van der Waals surface area contributed by atoms with E-state index in [1.165, 1.54) is 0 Å². The van der Waals surface area contributed by atoms with Crippen LogP contribution in [-0.2, 0) is 0 Å². The molecule has 0 spiro atoms. The number of halogens is 1. The van der Waals surface area contributed by atoms with Gasteiger partial charge in [0.05, 0.1) is 11.6 Å². The molecule has 1 aromatic heterocycles. The number of furan rings is 1. The molecular formula is C13H9BrO2. The SMILES string of the molecule is COc1ccc2oc3ccccc3c2c1Br. The van der Waals surface area contributed by atoms with Crippen LogP contribution in [0.4, 0.5) is 0 Å². The molecule has 0 atom stereocenters. The van der Waals surface area contributed by atoms with Crippen molar-refractivity contribution in [2.24, 2.45) is 0 Å². The predicted octanol–water partition coefficient (Wildman–Crippen LogP) is 4.36. The summed E-state index contributed by atoms with van der Waals surface area (Å²) in [5.41, 5.74) is 1.76. The molecule has 0 aliphatic heterocycles. The molecule has 2 nitrogen and oxygen atoms in total. The molecule has 0 unspecified atom stereocenters. The second-order valence-corrected chi connectivity index (χ2v) is 4.35. The fourth-order valence-corrected chi connectivity index (χ4v) is 2.62. The highest BCUT2D eigenvalue weighted by molar-refractivity contribution is 9.10. The Balaban J connectivity index is 2.53. The van der Waals surface area contributed by atoms with E-state index in [9.17, 15) is 0 Å². The van der Waals surface area contributed by atoms with Crippen molar-refractivity contribution in [2.45, 2.75) is 0 Å². The highest BCUT2D eigenvalue weighted by atomic mass is 79.9. The lowest BCUT2D eigenvalue weighted by atomic mass is 10.1. The van der Waals surface area contributed by atoms with Crippen LogP contribution in [0.3, 0.4) is 0 Å². The number of para-hydroxylation sites is 1. The summed E-state index contributed by atoms with van der Waals surface area (Å²) in [5, 5.41) is 2.17. The van der Waals surface area contributed by atoms with Gasteiger partial charge in [-0.3, -0.25) is 0 Å². The number of methoxy groups -OCH3 is 1. The first kappa shape index (κ1) is 9.73. The number of hydrogen-bond acceptors (Lipinski definition) is 2. The minimum absolute atomic E-state index is 0.819. The smallest absolute Gasteiger partial charge is 0.136 e. The lowest BCUT2D eigenvalue weighted by molar-refractivity contribution is 0.413. The average Bonchev–Trinajstić information content (AvgIpc) is 2.68. The van der Waals surface area contributed by atoms with Crippen molar-refractivity contribution >= 4 is 37.9 Å². The van der Waals surface area contributed by atoms with Crippen LogP contribution in [0.2, 0.25) is 0 Å². The Kier molecular flexibility index (Phi) is 2.14. The van der Waals surface area contributed by atoms with Gasteiger partial charge in [-0.2, -0.15) is 0 Å². The first-order chi connectivity index (χ1) is 7.81. The Morgan fingerprint density at radius 3 is 2.69 bits per heavy atom. The molecule has 0 N–H and O–H groups in total. The molecule has 80 valence electrons. The fraction of sp³-hybridized carbons (Fsp3) is 0.0769. The zero-order valence-corrected chi connectivity index (χ0v) is 10.2. The van der Waals surface area contributed by atoms with Crippen molar-refractivity contribution < 1.29 is 9.15 Å². The monoisotopic (exact) mass is 276 g/mol. The minimum Gasteiger partial charge on any atom is -0.496 e. The van der Waals surface area contributed by atoms with Crippen LogP contribution >= 0.6 is 15.9 Å². The Labute approximate surface area is 101 Å². The van der Waals surface area contributed by atoms with E-state index in [2.05, 4.69) is 15.9 Å². The third kappa shape index (κ3) is 1.25. The Morgan fingerprint density at radius 2 is 1.88 bits per heavy atom. The third-order valence-electron chi connectivity index (χ3n) is 2.66. The maximum absolute atomic E-state index is 5.75. The molecule has 2 aromatic carbocycles. The molecule has 1 heterocycles. The van der Waals surface area contributed by atoms with E-state index in [1.54, 1.807) is 7.11 Å². The fourth-order valence-electron chi connectivity index (χ4n) is 1.91. The van der Waals surface area contributed by atoms with Gasteiger partial charge in [-0.15, -0.1) is 0 Å². The Morgan fingerprint density at radius 1 is 1.06 bits per heavy atom. The minimum atomic E-state index is 0.819. The summed E-state index contributed by atoms with van der Waals surface area (Å²) in [6.45, 7) is 0. The van der Waals surface area contributed by atoms with Crippen molar-refractivity contribution in [3.8, 4) is 5.75 Å². The first-order valence-corrected chi connectivity index (χ1v) is 5.74. The number of ether oxygens (including phenoxy) is 1. The van der Waals surface area contributed by atoms with Gasteiger partial charge in [0.1, 0.15) is 16.9 Å². The standard InChI is InChI=1S/C13H9BrO2/c1-15-11-7-6-10-12(13(11)14)8-4-2-3-5-9(8)16-10/h2-7H,1H3. The van der Waals surface area contributed by atoms with Gasteiger partial charge in [-0.25, -0.2) is 0 Å². The van der Waals surface area contributed by atoms with E-state index >= 15 is 0 Å². The molecule has 0 aliphatic rings. The van der Waals surface area contributed by atoms with Gasteiger partial charge in [0.15, 0.2) is 0 Å². The van der Waals surface area contributed by atoms with Crippen molar-refractivity contribution in [1.29, 1.82) is 0 Å². The van der Waals surface area contributed by atoms with Gasteiger partial charge in [-0.05, 0) is 34.1 Å². The molecule has 3 heteroatoms. The maximum Gasteiger partial charge on any atom is 0.136 e. The summed E-state index contributed by atoms with van der Waals surface area (Å²) in [6, 6.07) is 11.8. The first-order valence-electron chi connectivity index (χ1n) is 4.95. The van der Waals surface area contributed by atoms with Crippen molar-refractivity contribution in [3.05, 3.63) is 40.9 Å². The highest BCUT2D eigenvalue weighted by Gasteiger charge is 2.12. The molecule has 3 aromatic rings. The lowest BCUT2D eigenvalue weighted by Crippen LogP contribution is -1.83. The summed E-state index contributed by atoms with van der Waals surface area (Å²) in [7, 11) is 1.66. The second-order valence-electron chi connectivity index (χ2n) is 3.55. The summed E-state index contributed by atoms with van der Waals surface area (Å²) in [6.07, 6.45) is 0. The van der Waals surface area contributed by atoms with Crippen LogP contribution < -0.4 is 4.74 Å². The van der Waals surface area contributed by atoms with E-state index in [-0.39, 0.29) is 0 Å². The largest absolute Gasteiger partial charge is 0.496 e. The molecule has 0 bridgehead atoms. The molecule has 3 rings (SSSR count). The van der Waals surface area contributed by atoms with Gasteiger partial charge in [0.2, 0.25) is 0 Å². The molecule has 16 heavy (non-hydrogen) atoms. The molecule has 0 aliphatic carbocycles. The van der Waals surface area contributed by atoms with Crippen LogP contribution in [0.15, 0.2) is 45.3 Å². The van der Waals surface area contributed by atoms with Gasteiger partial charge < -0.3 is 9.15 Å². The molecule has 0 fully saturated rings. The normalized spacial score (nSPS) is 11.1. The average molecular weight is 277 g/mol. The quantitative estimate of drug-likeness (QED) is 0.659. The van der Waals surface area contributed by atoms with Gasteiger partial charge in [0.25, 0.3) is 0 Å². The van der Waals surface area contributed by atoms with Crippen molar-refractivity contribution in [2.75, 3.05) is 7.11 Å². The van der Waals surface area contributed by atoms with Crippen LogP contribution in [-0.4, -0.2) is 7.11 Å². The lowest BCUT2D eigenvalue weighted by Gasteiger charge is -2.02. The maximum atomic E-state index is 5.75. The Bertz CT molecular complexity index is 670. The third-order valence-corrected chi connectivity index (χ3v) is 3.45. The summed E-state index contributed by atoms with van der Waals surface area (Å²) in [5.74, 6) is 0.819. The van der Waals surface area contributed by atoms with Crippen molar-refractivity contribution in [3.63, 3.8) is 0 Å². The van der Waals surface area contributed by atoms with Crippen LogP contribution in [0.25, 0.3) is 21.9 Å². The number of fused-ring (bicyclic) bond motifs is 3. The zero-order valence-electron chi connectivity index (χ0n) is 8.66. The van der Waals surface area contributed by atoms with Gasteiger partial charge in [-0.1, -0.05) is 18.2 Å². The molecule has 0 amide bonds. The van der Waals surface area contributed by atoms with Crippen LogP contribution in [0.1, 0.15) is 0 Å². The molecule has 0 saturated heterocycles. The summed E-state index contributed by atoms with van der Waals surface area (Å²) < 4.78 is 12.0. The Hall–Kier alpha value is -1.48. The second kappa shape index (κ2) is 3.52.